The van der Waals surface area contributed by atoms with Crippen LogP contribution in [0.2, 0.25) is 0 Å². The molecule has 2 rings (SSSR count). The summed E-state index contributed by atoms with van der Waals surface area (Å²) >= 11 is 0. The zero-order valence-electron chi connectivity index (χ0n) is 13.0. The molecule has 114 valence electrons. The van der Waals surface area contributed by atoms with E-state index in [0.29, 0.717) is 18.8 Å². The van der Waals surface area contributed by atoms with Crippen LogP contribution in [0.15, 0.2) is 6.07 Å². The number of nitrogens with zero attached hydrogens (tertiary/aromatic N) is 5. The molecule has 2 aromatic heterocycles. The van der Waals surface area contributed by atoms with Crippen molar-refractivity contribution in [1.82, 2.24) is 24.8 Å². The Morgan fingerprint density at radius 2 is 2.14 bits per heavy atom. The van der Waals surface area contributed by atoms with Gasteiger partial charge < -0.3 is 4.74 Å². The number of carbonyl (C=O) groups excluding carboxylic acids is 1. The van der Waals surface area contributed by atoms with Crippen molar-refractivity contribution in [2.45, 2.75) is 40.2 Å². The fourth-order valence-corrected chi connectivity index (χ4v) is 2.27. The summed E-state index contributed by atoms with van der Waals surface area (Å²) in [5.74, 6) is -0.409. The van der Waals surface area contributed by atoms with Crippen LogP contribution in [0.4, 0.5) is 0 Å². The molecule has 0 unspecified atom stereocenters. The fourth-order valence-electron chi connectivity index (χ4n) is 2.27. The van der Waals surface area contributed by atoms with E-state index in [-0.39, 0.29) is 0 Å². The first-order valence-electron chi connectivity index (χ1n) is 7.15. The van der Waals surface area contributed by atoms with Gasteiger partial charge in [-0.1, -0.05) is 18.6 Å². The van der Waals surface area contributed by atoms with Gasteiger partial charge >= 0.3 is 5.97 Å². The van der Waals surface area contributed by atoms with Gasteiger partial charge in [-0.05, 0) is 26.3 Å². The molecule has 0 aliphatic carbocycles. The van der Waals surface area contributed by atoms with Gasteiger partial charge in [-0.15, -0.1) is 5.10 Å². The molecular weight excluding hydrogens is 270 g/mol. The second-order valence-electron chi connectivity index (χ2n) is 4.91. The predicted octanol–water partition coefficient (Wildman–Crippen LogP) is 1.50. The van der Waals surface area contributed by atoms with Crippen molar-refractivity contribution in [3.8, 4) is 0 Å². The molecule has 21 heavy (non-hydrogen) atoms. The monoisotopic (exact) mass is 291 g/mol. The minimum absolute atomic E-state index is 0.317. The number of ether oxygens (including phenoxy) is 1. The molecule has 2 heterocycles. The van der Waals surface area contributed by atoms with Crippen molar-refractivity contribution in [2.75, 3.05) is 6.61 Å². The molecule has 0 saturated carbocycles. The summed E-state index contributed by atoms with van der Waals surface area (Å²) in [6, 6.07) is 2.00. The van der Waals surface area contributed by atoms with Gasteiger partial charge in [-0.3, -0.25) is 4.68 Å². The van der Waals surface area contributed by atoms with E-state index in [1.165, 1.54) is 0 Å². The fraction of sp³-hybridized carbons (Fsp3) is 0.571. The smallest absolute Gasteiger partial charge is 0.360 e. The van der Waals surface area contributed by atoms with Gasteiger partial charge in [0.25, 0.3) is 0 Å². The standard InChI is InChI=1S/C14H21N5O2/c1-5-7-12-13(14(20)21-6-2)15-17-19(12)9-11-8-10(3)16-18(11)4/h8H,5-7,9H2,1-4H3. The Morgan fingerprint density at radius 1 is 1.38 bits per heavy atom. The van der Waals surface area contributed by atoms with Crippen LogP contribution in [0.1, 0.15) is 47.8 Å². The minimum atomic E-state index is -0.409. The van der Waals surface area contributed by atoms with E-state index in [4.69, 9.17) is 4.74 Å². The van der Waals surface area contributed by atoms with Crippen molar-refractivity contribution < 1.29 is 9.53 Å². The van der Waals surface area contributed by atoms with Gasteiger partial charge in [0.15, 0.2) is 5.69 Å². The topological polar surface area (TPSA) is 74.8 Å². The van der Waals surface area contributed by atoms with E-state index in [9.17, 15) is 4.79 Å². The molecule has 7 nitrogen and oxygen atoms in total. The molecule has 0 fully saturated rings. The number of rotatable bonds is 6. The number of hydrogen-bond donors (Lipinski definition) is 0. The summed E-state index contributed by atoms with van der Waals surface area (Å²) in [5, 5.41) is 12.4. The summed E-state index contributed by atoms with van der Waals surface area (Å²) < 4.78 is 8.61. The molecular formula is C14H21N5O2. The van der Waals surface area contributed by atoms with Gasteiger partial charge in [0, 0.05) is 7.05 Å². The maximum atomic E-state index is 11.9. The molecule has 0 aromatic carbocycles. The zero-order valence-corrected chi connectivity index (χ0v) is 13.0. The van der Waals surface area contributed by atoms with Crippen LogP contribution in [0.3, 0.4) is 0 Å². The van der Waals surface area contributed by atoms with Crippen molar-refractivity contribution in [1.29, 1.82) is 0 Å². The van der Waals surface area contributed by atoms with Gasteiger partial charge in [0.1, 0.15) is 0 Å². The molecule has 0 N–H and O–H groups in total. The Hall–Kier alpha value is -2.18. The number of aryl methyl sites for hydroxylation is 2. The Balaban J connectivity index is 2.31. The van der Waals surface area contributed by atoms with E-state index < -0.39 is 5.97 Å². The lowest BCUT2D eigenvalue weighted by molar-refractivity contribution is 0.0518. The number of hydrogen-bond acceptors (Lipinski definition) is 5. The first-order valence-corrected chi connectivity index (χ1v) is 7.15. The maximum Gasteiger partial charge on any atom is 0.360 e. The first-order chi connectivity index (χ1) is 10.1. The highest BCUT2D eigenvalue weighted by Crippen LogP contribution is 2.13. The maximum absolute atomic E-state index is 11.9. The summed E-state index contributed by atoms with van der Waals surface area (Å²) in [5.41, 5.74) is 3.10. The zero-order chi connectivity index (χ0) is 15.4. The van der Waals surface area contributed by atoms with Crippen molar-refractivity contribution in [3.05, 3.63) is 28.8 Å². The molecule has 2 aromatic rings. The Bertz CT molecular complexity index is 629. The highest BCUT2D eigenvalue weighted by atomic mass is 16.5. The number of esters is 1. The van der Waals surface area contributed by atoms with Crippen LogP contribution in [0.5, 0.6) is 0 Å². The van der Waals surface area contributed by atoms with E-state index in [1.807, 2.05) is 24.7 Å². The van der Waals surface area contributed by atoms with Crippen LogP contribution < -0.4 is 0 Å². The second kappa shape index (κ2) is 6.51. The largest absolute Gasteiger partial charge is 0.461 e. The molecule has 0 saturated heterocycles. The van der Waals surface area contributed by atoms with Crippen molar-refractivity contribution >= 4 is 5.97 Å². The summed E-state index contributed by atoms with van der Waals surface area (Å²) in [7, 11) is 1.89. The van der Waals surface area contributed by atoms with Gasteiger partial charge in [-0.2, -0.15) is 5.10 Å². The SMILES string of the molecule is CCCc1c(C(=O)OCC)nnn1Cc1cc(C)nn1C. The van der Waals surface area contributed by atoms with Crippen LogP contribution in [0.25, 0.3) is 0 Å². The van der Waals surface area contributed by atoms with E-state index >= 15 is 0 Å². The Morgan fingerprint density at radius 3 is 2.71 bits per heavy atom. The van der Waals surface area contributed by atoms with Crippen LogP contribution in [-0.2, 0) is 24.8 Å². The van der Waals surface area contributed by atoms with Crippen molar-refractivity contribution in [3.63, 3.8) is 0 Å². The van der Waals surface area contributed by atoms with E-state index in [2.05, 4.69) is 22.3 Å². The number of aromatic nitrogens is 5. The predicted molar refractivity (Wildman–Crippen MR) is 77.0 cm³/mol. The second-order valence-corrected chi connectivity index (χ2v) is 4.91. The highest BCUT2D eigenvalue weighted by Gasteiger charge is 2.20. The minimum Gasteiger partial charge on any atom is -0.461 e. The third-order valence-electron chi connectivity index (χ3n) is 3.20. The normalized spacial score (nSPS) is 10.9. The lowest BCUT2D eigenvalue weighted by Gasteiger charge is -2.07. The molecule has 0 atom stereocenters. The third kappa shape index (κ3) is 3.29. The lowest BCUT2D eigenvalue weighted by Crippen LogP contribution is -2.13. The lowest BCUT2D eigenvalue weighted by atomic mass is 10.2. The Kier molecular flexibility index (Phi) is 4.72. The van der Waals surface area contributed by atoms with Crippen LogP contribution in [0, 0.1) is 6.92 Å². The molecule has 0 aliphatic heterocycles. The molecule has 0 aliphatic rings. The van der Waals surface area contributed by atoms with Gasteiger partial charge in [-0.25, -0.2) is 9.48 Å². The van der Waals surface area contributed by atoms with Crippen molar-refractivity contribution in [2.24, 2.45) is 7.05 Å². The average molecular weight is 291 g/mol. The van der Waals surface area contributed by atoms with Crippen LogP contribution >= 0.6 is 0 Å². The van der Waals surface area contributed by atoms with E-state index in [0.717, 1.165) is 29.9 Å². The molecule has 7 heteroatoms. The molecule has 0 radical (unpaired) electrons. The summed E-state index contributed by atoms with van der Waals surface area (Å²) in [4.78, 5) is 11.9. The number of carbonyl (C=O) groups is 1. The average Bonchev–Trinajstić information content (AvgIpc) is 2.95. The molecule has 0 amide bonds. The summed E-state index contributed by atoms with van der Waals surface area (Å²) in [6.07, 6.45) is 1.64. The Labute approximate surface area is 123 Å². The van der Waals surface area contributed by atoms with Gasteiger partial charge in [0.05, 0.1) is 30.2 Å². The first kappa shape index (κ1) is 15.2. The molecule has 0 spiro atoms. The summed E-state index contributed by atoms with van der Waals surface area (Å²) in [6.45, 7) is 6.65. The third-order valence-corrected chi connectivity index (χ3v) is 3.20. The van der Waals surface area contributed by atoms with Crippen LogP contribution in [-0.4, -0.2) is 37.4 Å². The highest BCUT2D eigenvalue weighted by molar-refractivity contribution is 5.88. The molecule has 0 bridgehead atoms. The van der Waals surface area contributed by atoms with Gasteiger partial charge in [0.2, 0.25) is 0 Å². The quantitative estimate of drug-likeness (QED) is 0.754. The van der Waals surface area contributed by atoms with E-state index in [1.54, 1.807) is 11.6 Å².